The summed E-state index contributed by atoms with van der Waals surface area (Å²) in [6.07, 6.45) is 3.50. The number of hydrogen-bond donors (Lipinski definition) is 1. The average Bonchev–Trinajstić information content (AvgIpc) is 2.50. The molecule has 0 aliphatic heterocycles. The van der Waals surface area contributed by atoms with Gasteiger partial charge in [0, 0.05) is 0 Å². The molecule has 2 aromatic rings. The Hall–Kier alpha value is -1.60. The van der Waals surface area contributed by atoms with E-state index in [9.17, 15) is 0 Å². The van der Waals surface area contributed by atoms with E-state index in [-0.39, 0.29) is 0 Å². The van der Waals surface area contributed by atoms with E-state index in [4.69, 9.17) is 0 Å². The lowest BCUT2D eigenvalue weighted by atomic mass is 9.95. The third kappa shape index (κ3) is 4.44. The number of aryl methyl sites for hydroxylation is 2. The van der Waals surface area contributed by atoms with Crippen LogP contribution in [-0.4, -0.2) is 6.54 Å². The molecule has 0 amide bonds. The van der Waals surface area contributed by atoms with Crippen molar-refractivity contribution < 1.29 is 0 Å². The van der Waals surface area contributed by atoms with Crippen LogP contribution in [0.3, 0.4) is 0 Å². The fraction of sp³-hybridized carbons (Fsp3) is 0.400. The van der Waals surface area contributed by atoms with Crippen LogP contribution in [0.2, 0.25) is 0 Å². The molecule has 21 heavy (non-hydrogen) atoms. The third-order valence-corrected chi connectivity index (χ3v) is 3.83. The van der Waals surface area contributed by atoms with E-state index in [1.54, 1.807) is 0 Å². The Bertz CT molecular complexity index is 542. The Kier molecular flexibility index (Phi) is 6.01. The summed E-state index contributed by atoms with van der Waals surface area (Å²) in [6, 6.07) is 18.2. The van der Waals surface area contributed by atoms with Crippen LogP contribution in [0.1, 0.15) is 55.0 Å². The second kappa shape index (κ2) is 7.99. The Labute approximate surface area is 129 Å². The lowest BCUT2D eigenvalue weighted by Crippen LogP contribution is -2.23. The fourth-order valence-electron chi connectivity index (χ4n) is 2.69. The van der Waals surface area contributed by atoms with Gasteiger partial charge in [0.2, 0.25) is 0 Å². The maximum absolute atomic E-state index is 3.69. The first-order valence-corrected chi connectivity index (χ1v) is 8.13. The van der Waals surface area contributed by atoms with Crippen molar-refractivity contribution in [3.05, 3.63) is 70.8 Å². The van der Waals surface area contributed by atoms with Gasteiger partial charge in [-0.05, 0) is 43.0 Å². The van der Waals surface area contributed by atoms with Gasteiger partial charge in [-0.25, -0.2) is 0 Å². The zero-order chi connectivity index (χ0) is 15.1. The van der Waals surface area contributed by atoms with E-state index in [0.29, 0.717) is 6.04 Å². The molecule has 0 saturated carbocycles. The van der Waals surface area contributed by atoms with Crippen molar-refractivity contribution in [2.75, 3.05) is 6.54 Å². The summed E-state index contributed by atoms with van der Waals surface area (Å²) in [4.78, 5) is 0. The largest absolute Gasteiger partial charge is 0.306 e. The van der Waals surface area contributed by atoms with Crippen LogP contribution in [0.5, 0.6) is 0 Å². The minimum atomic E-state index is 0.294. The minimum Gasteiger partial charge on any atom is -0.306 e. The summed E-state index contributed by atoms with van der Waals surface area (Å²) in [5.41, 5.74) is 5.47. The van der Waals surface area contributed by atoms with Crippen molar-refractivity contribution in [3.8, 4) is 0 Å². The molecule has 1 N–H and O–H groups in total. The molecule has 0 aliphatic carbocycles. The molecule has 0 aliphatic rings. The molecule has 2 aromatic carbocycles. The molecule has 1 atom stereocenters. The summed E-state index contributed by atoms with van der Waals surface area (Å²) >= 11 is 0. The zero-order valence-electron chi connectivity index (χ0n) is 13.5. The molecule has 0 fully saturated rings. The van der Waals surface area contributed by atoms with Crippen molar-refractivity contribution in [3.63, 3.8) is 0 Å². The highest BCUT2D eigenvalue weighted by molar-refractivity contribution is 5.35. The zero-order valence-corrected chi connectivity index (χ0v) is 13.5. The van der Waals surface area contributed by atoms with Crippen molar-refractivity contribution in [2.45, 2.75) is 46.1 Å². The summed E-state index contributed by atoms with van der Waals surface area (Å²) in [6.45, 7) is 7.63. The van der Waals surface area contributed by atoms with E-state index >= 15 is 0 Å². The van der Waals surface area contributed by atoms with Gasteiger partial charge in [0.05, 0.1) is 6.04 Å². The van der Waals surface area contributed by atoms with E-state index in [1.165, 1.54) is 28.7 Å². The monoisotopic (exact) mass is 281 g/mol. The van der Waals surface area contributed by atoms with Gasteiger partial charge in [0.15, 0.2) is 0 Å². The summed E-state index contributed by atoms with van der Waals surface area (Å²) in [5.74, 6) is 0. The summed E-state index contributed by atoms with van der Waals surface area (Å²) < 4.78 is 0. The Morgan fingerprint density at radius 2 is 1.67 bits per heavy atom. The smallest absolute Gasteiger partial charge is 0.0576 e. The van der Waals surface area contributed by atoms with Crippen LogP contribution in [0, 0.1) is 6.92 Å². The fourth-order valence-corrected chi connectivity index (χ4v) is 2.69. The van der Waals surface area contributed by atoms with Gasteiger partial charge in [-0.1, -0.05) is 74.4 Å². The number of rotatable bonds is 7. The van der Waals surface area contributed by atoms with E-state index in [0.717, 1.165) is 19.4 Å². The van der Waals surface area contributed by atoms with Crippen LogP contribution in [0.15, 0.2) is 48.5 Å². The topological polar surface area (TPSA) is 12.0 Å². The maximum Gasteiger partial charge on any atom is 0.0576 e. The first-order chi connectivity index (χ1) is 10.2. The molecular formula is C20H27N. The van der Waals surface area contributed by atoms with Crippen LogP contribution >= 0.6 is 0 Å². The van der Waals surface area contributed by atoms with Crippen molar-refractivity contribution in [1.82, 2.24) is 5.32 Å². The Morgan fingerprint density at radius 3 is 2.33 bits per heavy atom. The third-order valence-electron chi connectivity index (χ3n) is 3.83. The van der Waals surface area contributed by atoms with Gasteiger partial charge < -0.3 is 5.32 Å². The molecule has 0 bridgehead atoms. The van der Waals surface area contributed by atoms with Gasteiger partial charge >= 0.3 is 0 Å². The van der Waals surface area contributed by atoms with Crippen molar-refractivity contribution >= 4 is 0 Å². The highest BCUT2D eigenvalue weighted by Gasteiger charge is 2.13. The highest BCUT2D eigenvalue weighted by atomic mass is 14.9. The number of nitrogens with one attached hydrogen (secondary N) is 1. The minimum absolute atomic E-state index is 0.294. The molecule has 2 rings (SSSR count). The summed E-state index contributed by atoms with van der Waals surface area (Å²) in [5, 5.41) is 3.69. The normalized spacial score (nSPS) is 12.3. The number of benzene rings is 2. The van der Waals surface area contributed by atoms with Crippen molar-refractivity contribution in [2.24, 2.45) is 0 Å². The van der Waals surface area contributed by atoms with E-state index in [2.05, 4.69) is 74.6 Å². The molecule has 0 spiro atoms. The lowest BCUT2D eigenvalue weighted by Gasteiger charge is -2.20. The van der Waals surface area contributed by atoms with Gasteiger partial charge in [0.1, 0.15) is 0 Å². The van der Waals surface area contributed by atoms with Gasteiger partial charge in [-0.3, -0.25) is 0 Å². The average molecular weight is 281 g/mol. The second-order valence-electron chi connectivity index (χ2n) is 5.79. The molecule has 112 valence electrons. The second-order valence-corrected chi connectivity index (χ2v) is 5.79. The molecule has 1 unspecified atom stereocenters. The highest BCUT2D eigenvalue weighted by Crippen LogP contribution is 2.23. The Balaban J connectivity index is 2.30. The maximum atomic E-state index is 3.69. The van der Waals surface area contributed by atoms with Gasteiger partial charge in [-0.15, -0.1) is 0 Å². The van der Waals surface area contributed by atoms with E-state index < -0.39 is 0 Å². The molecule has 0 radical (unpaired) electrons. The van der Waals surface area contributed by atoms with Crippen LogP contribution < -0.4 is 5.32 Å². The first-order valence-electron chi connectivity index (χ1n) is 8.13. The molecule has 0 saturated heterocycles. The molecule has 0 aromatic heterocycles. The van der Waals surface area contributed by atoms with Crippen LogP contribution in [-0.2, 0) is 6.42 Å². The predicted molar refractivity (Wildman–Crippen MR) is 91.8 cm³/mol. The molecule has 1 nitrogen and oxygen atoms in total. The van der Waals surface area contributed by atoms with E-state index in [1.807, 2.05) is 0 Å². The van der Waals surface area contributed by atoms with Crippen molar-refractivity contribution in [1.29, 1.82) is 0 Å². The number of hydrogen-bond acceptors (Lipinski definition) is 1. The predicted octanol–water partition coefficient (Wildman–Crippen LogP) is 5.04. The first kappa shape index (κ1) is 15.8. The summed E-state index contributed by atoms with van der Waals surface area (Å²) in [7, 11) is 0. The van der Waals surface area contributed by atoms with Gasteiger partial charge in [0.25, 0.3) is 0 Å². The Morgan fingerprint density at radius 1 is 0.905 bits per heavy atom. The lowest BCUT2D eigenvalue weighted by molar-refractivity contribution is 0.598. The molecule has 1 heteroatoms. The van der Waals surface area contributed by atoms with Gasteiger partial charge in [-0.2, -0.15) is 0 Å². The standard InChI is InChI=1S/C20H27N/c1-4-7-17-8-6-9-19(15-17)20(21-14-5-2)18-12-10-16(3)11-13-18/h6,8-13,15,20-21H,4-5,7,14H2,1-3H3. The van der Waals surface area contributed by atoms with Crippen LogP contribution in [0.25, 0.3) is 0 Å². The SMILES string of the molecule is CCCNC(c1ccc(C)cc1)c1cccc(CCC)c1. The van der Waals surface area contributed by atoms with Crippen LogP contribution in [0.4, 0.5) is 0 Å². The quantitative estimate of drug-likeness (QED) is 0.750. The molecular weight excluding hydrogens is 254 g/mol. The molecule has 0 heterocycles.